The first-order chi connectivity index (χ1) is 9.17. The lowest BCUT2D eigenvalue weighted by atomic mass is 10.1. The number of aromatic amines is 1. The average Bonchev–Trinajstić information content (AvgIpc) is 2.82. The second-order valence-corrected chi connectivity index (χ2v) is 4.64. The predicted octanol–water partition coefficient (Wildman–Crippen LogP) is 0.839. The van der Waals surface area contributed by atoms with Gasteiger partial charge in [0.2, 0.25) is 0 Å². The summed E-state index contributed by atoms with van der Waals surface area (Å²) in [6.45, 7) is 6.33. The molecule has 2 heterocycles. The van der Waals surface area contributed by atoms with Gasteiger partial charge in [-0.05, 0) is 26.1 Å². The minimum Gasteiger partial charge on any atom is -0.461 e. The average molecular weight is 282 g/mol. The van der Waals surface area contributed by atoms with E-state index in [1.807, 2.05) is 11.8 Å². The van der Waals surface area contributed by atoms with E-state index in [0.717, 1.165) is 30.8 Å². The molecule has 0 unspecified atom stereocenters. The summed E-state index contributed by atoms with van der Waals surface area (Å²) < 4.78 is 5.01. The molecular formula is C12H18N4O2S. The summed E-state index contributed by atoms with van der Waals surface area (Å²) in [6.07, 6.45) is 0.799. The number of nitrogens with one attached hydrogen (secondary N) is 2. The van der Waals surface area contributed by atoms with Crippen LogP contribution in [0.15, 0.2) is 0 Å². The lowest BCUT2D eigenvalue weighted by Crippen LogP contribution is -2.42. The molecule has 0 aromatic carbocycles. The predicted molar refractivity (Wildman–Crippen MR) is 74.9 cm³/mol. The van der Waals surface area contributed by atoms with Crippen LogP contribution in [-0.4, -0.2) is 45.9 Å². The van der Waals surface area contributed by atoms with Crippen molar-refractivity contribution in [1.82, 2.24) is 20.4 Å². The Morgan fingerprint density at radius 2 is 2.37 bits per heavy atom. The molecule has 19 heavy (non-hydrogen) atoms. The van der Waals surface area contributed by atoms with Gasteiger partial charge in [0.25, 0.3) is 0 Å². The lowest BCUT2D eigenvalue weighted by Gasteiger charge is -2.29. The largest absolute Gasteiger partial charge is 0.461 e. The highest BCUT2D eigenvalue weighted by Crippen LogP contribution is 2.21. The smallest absolute Gasteiger partial charge is 0.359 e. The molecule has 104 valence electrons. The third-order valence-electron chi connectivity index (χ3n) is 3.02. The molecule has 0 atom stereocenters. The summed E-state index contributed by atoms with van der Waals surface area (Å²) in [5.41, 5.74) is 2.27. The van der Waals surface area contributed by atoms with Crippen molar-refractivity contribution < 1.29 is 9.53 Å². The molecule has 0 spiro atoms. The number of ether oxygens (including phenoxy) is 1. The Hall–Kier alpha value is -1.63. The molecule has 1 aromatic rings. The molecule has 0 saturated carbocycles. The summed E-state index contributed by atoms with van der Waals surface area (Å²) in [5.74, 6) is -0.379. The van der Waals surface area contributed by atoms with Gasteiger partial charge in [0, 0.05) is 37.3 Å². The van der Waals surface area contributed by atoms with E-state index in [4.69, 9.17) is 17.0 Å². The highest BCUT2D eigenvalue weighted by atomic mass is 32.1. The van der Waals surface area contributed by atoms with Crippen molar-refractivity contribution in [2.75, 3.05) is 19.7 Å². The number of H-pyrrole nitrogens is 1. The fourth-order valence-corrected chi connectivity index (χ4v) is 2.40. The Labute approximate surface area is 117 Å². The van der Waals surface area contributed by atoms with E-state index < -0.39 is 0 Å². The van der Waals surface area contributed by atoms with Gasteiger partial charge in [-0.25, -0.2) is 4.79 Å². The van der Waals surface area contributed by atoms with Crippen LogP contribution in [0.3, 0.4) is 0 Å². The molecule has 0 aliphatic carbocycles. The number of fused-ring (bicyclic) bond motifs is 1. The van der Waals surface area contributed by atoms with E-state index in [2.05, 4.69) is 15.5 Å². The molecule has 6 nitrogen and oxygen atoms in total. The molecule has 0 fully saturated rings. The molecule has 2 rings (SSSR count). The lowest BCUT2D eigenvalue weighted by molar-refractivity contribution is 0.0517. The summed E-state index contributed by atoms with van der Waals surface area (Å²) >= 11 is 5.30. The fraction of sp³-hybridized carbons (Fsp3) is 0.583. The zero-order valence-electron chi connectivity index (χ0n) is 11.2. The van der Waals surface area contributed by atoms with E-state index in [0.29, 0.717) is 24.0 Å². The van der Waals surface area contributed by atoms with Crippen molar-refractivity contribution in [2.24, 2.45) is 0 Å². The number of carbonyl (C=O) groups is 1. The maximum atomic E-state index is 11.8. The molecular weight excluding hydrogens is 264 g/mol. The molecule has 1 aliphatic rings. The van der Waals surface area contributed by atoms with Gasteiger partial charge in [-0.15, -0.1) is 0 Å². The van der Waals surface area contributed by atoms with Crippen LogP contribution in [-0.2, 0) is 17.7 Å². The Morgan fingerprint density at radius 1 is 1.58 bits per heavy atom. The quantitative estimate of drug-likeness (QED) is 0.632. The van der Waals surface area contributed by atoms with Crippen molar-refractivity contribution in [3.63, 3.8) is 0 Å². The van der Waals surface area contributed by atoms with E-state index in [1.165, 1.54) is 0 Å². The molecule has 0 amide bonds. The van der Waals surface area contributed by atoms with E-state index in [-0.39, 0.29) is 5.97 Å². The molecule has 1 aromatic heterocycles. The normalized spacial score (nSPS) is 13.9. The molecule has 0 bridgehead atoms. The Kier molecular flexibility index (Phi) is 4.36. The van der Waals surface area contributed by atoms with Gasteiger partial charge in [0.15, 0.2) is 10.8 Å². The fourth-order valence-electron chi connectivity index (χ4n) is 2.10. The summed E-state index contributed by atoms with van der Waals surface area (Å²) in [4.78, 5) is 13.8. The maximum Gasteiger partial charge on any atom is 0.359 e. The van der Waals surface area contributed by atoms with Crippen molar-refractivity contribution in [2.45, 2.75) is 26.8 Å². The number of hydrogen-bond acceptors (Lipinski definition) is 4. The van der Waals surface area contributed by atoms with Gasteiger partial charge >= 0.3 is 5.97 Å². The second-order valence-electron chi connectivity index (χ2n) is 4.26. The monoisotopic (exact) mass is 282 g/mol. The van der Waals surface area contributed by atoms with E-state index in [9.17, 15) is 4.79 Å². The number of rotatable bonds is 3. The maximum absolute atomic E-state index is 11.8. The van der Waals surface area contributed by atoms with Crippen LogP contribution in [0.2, 0.25) is 0 Å². The summed E-state index contributed by atoms with van der Waals surface area (Å²) in [5, 5.41) is 10.8. The third-order valence-corrected chi connectivity index (χ3v) is 3.42. The highest BCUT2D eigenvalue weighted by Gasteiger charge is 2.26. The minimum absolute atomic E-state index is 0.347. The van der Waals surface area contributed by atoms with Crippen molar-refractivity contribution in [1.29, 1.82) is 0 Å². The Bertz CT molecular complexity index is 486. The zero-order chi connectivity index (χ0) is 13.8. The number of aromatic nitrogens is 2. The number of hydrogen-bond donors (Lipinski definition) is 2. The first-order valence-electron chi connectivity index (χ1n) is 6.43. The van der Waals surface area contributed by atoms with E-state index in [1.54, 1.807) is 6.92 Å². The topological polar surface area (TPSA) is 70.2 Å². The first kappa shape index (κ1) is 13.8. The number of nitrogens with zero attached hydrogens (tertiary/aromatic N) is 2. The van der Waals surface area contributed by atoms with Gasteiger partial charge in [-0.1, -0.05) is 0 Å². The van der Waals surface area contributed by atoms with Crippen LogP contribution >= 0.6 is 12.2 Å². The molecule has 1 aliphatic heterocycles. The molecule has 0 saturated heterocycles. The van der Waals surface area contributed by atoms with Gasteiger partial charge in [0.05, 0.1) is 6.61 Å². The van der Waals surface area contributed by atoms with Gasteiger partial charge < -0.3 is 15.0 Å². The molecule has 2 N–H and O–H groups in total. The van der Waals surface area contributed by atoms with Crippen LogP contribution in [0.1, 0.15) is 35.6 Å². The number of thiocarbonyl (C=S) groups is 1. The zero-order valence-corrected chi connectivity index (χ0v) is 12.0. The van der Waals surface area contributed by atoms with Crippen molar-refractivity contribution in [3.05, 3.63) is 17.0 Å². The van der Waals surface area contributed by atoms with Crippen LogP contribution in [0, 0.1) is 0 Å². The first-order valence-corrected chi connectivity index (χ1v) is 6.84. The van der Waals surface area contributed by atoms with E-state index >= 15 is 0 Å². The Balaban J connectivity index is 2.16. The third kappa shape index (κ3) is 2.86. The highest BCUT2D eigenvalue weighted by molar-refractivity contribution is 7.80. The summed E-state index contributed by atoms with van der Waals surface area (Å²) in [6, 6.07) is 0. The van der Waals surface area contributed by atoms with Gasteiger partial charge in [0.1, 0.15) is 0 Å². The number of esters is 1. The minimum atomic E-state index is -0.379. The number of carbonyl (C=O) groups excluding carboxylic acids is 1. The summed E-state index contributed by atoms with van der Waals surface area (Å²) in [7, 11) is 0. The SMILES string of the molecule is CCNC(=S)N1CCc2[nH]nc(C(=O)OCC)c2C1. The van der Waals surface area contributed by atoms with Gasteiger partial charge in [-0.3, -0.25) is 5.10 Å². The van der Waals surface area contributed by atoms with Crippen LogP contribution in [0.5, 0.6) is 0 Å². The Morgan fingerprint density at radius 3 is 3.05 bits per heavy atom. The molecule has 0 radical (unpaired) electrons. The van der Waals surface area contributed by atoms with Crippen LogP contribution in [0.4, 0.5) is 0 Å². The second kappa shape index (κ2) is 6.01. The van der Waals surface area contributed by atoms with Crippen LogP contribution < -0.4 is 5.32 Å². The van der Waals surface area contributed by atoms with Crippen molar-refractivity contribution >= 4 is 23.3 Å². The molecule has 7 heteroatoms. The van der Waals surface area contributed by atoms with Crippen LogP contribution in [0.25, 0.3) is 0 Å². The van der Waals surface area contributed by atoms with Crippen molar-refractivity contribution in [3.8, 4) is 0 Å². The standard InChI is InChI=1S/C12H18N4O2S/c1-3-13-12(19)16-6-5-9-8(7-16)10(15-14-9)11(17)18-4-2/h3-7H2,1-2H3,(H,13,19)(H,14,15). The van der Waals surface area contributed by atoms with Gasteiger partial charge in [-0.2, -0.15) is 5.10 Å².